The summed E-state index contributed by atoms with van der Waals surface area (Å²) in [4.78, 5) is 12.0. The number of aromatic nitrogens is 2. The van der Waals surface area contributed by atoms with Crippen molar-refractivity contribution in [2.45, 2.75) is 23.6 Å². The van der Waals surface area contributed by atoms with Crippen LogP contribution in [0.25, 0.3) is 0 Å². The van der Waals surface area contributed by atoms with Crippen LogP contribution in [0.15, 0.2) is 34.1 Å². The Morgan fingerprint density at radius 2 is 1.64 bits per heavy atom. The van der Waals surface area contributed by atoms with Gasteiger partial charge in [0.1, 0.15) is 10.7 Å². The van der Waals surface area contributed by atoms with Gasteiger partial charge >= 0.3 is 5.24 Å². The molecule has 3 rings (SSSR count). The summed E-state index contributed by atoms with van der Waals surface area (Å²) in [5.74, 6) is -0.656. The second kappa shape index (κ2) is 7.35. The Bertz CT molecular complexity index is 1120. The second-order valence-electron chi connectivity index (χ2n) is 6.15. The van der Waals surface area contributed by atoms with Gasteiger partial charge in [-0.05, 0) is 38.1 Å². The number of sulfone groups is 1. The molecule has 0 unspecified atom stereocenters. The van der Waals surface area contributed by atoms with Gasteiger partial charge in [0.05, 0.1) is 29.5 Å². The molecule has 1 saturated heterocycles. The molecule has 152 valence electrons. The predicted octanol–water partition coefficient (Wildman–Crippen LogP) is 1.10. The smallest absolute Gasteiger partial charge is 0.368 e. The van der Waals surface area contributed by atoms with Crippen LogP contribution in [-0.2, 0) is 24.6 Å². The van der Waals surface area contributed by atoms with Gasteiger partial charge in [0.25, 0.3) is 9.84 Å². The third-order valence-electron chi connectivity index (χ3n) is 4.32. The van der Waals surface area contributed by atoms with E-state index in [1.807, 2.05) is 0 Å². The standard InChI is InChI=1S/C16H18FN3O6S2/c1-11-15(28(24,25)19-7-9-26-10-8-19)12(2)20(18-11)16(21)27(22,23)14-5-3-13(17)4-6-14/h3-6H,7-10H2,1-2H3. The molecular formula is C16H18FN3O6S2. The fourth-order valence-corrected chi connectivity index (χ4v) is 5.79. The number of hydrogen-bond donors (Lipinski definition) is 0. The van der Waals surface area contributed by atoms with Crippen LogP contribution in [-0.4, -0.2) is 62.5 Å². The Hall–Kier alpha value is -2.15. The number of benzene rings is 1. The van der Waals surface area contributed by atoms with E-state index in [9.17, 15) is 26.0 Å². The first-order valence-electron chi connectivity index (χ1n) is 8.26. The van der Waals surface area contributed by atoms with Crippen molar-refractivity contribution in [3.05, 3.63) is 41.5 Å². The minimum absolute atomic E-state index is 0.00616. The van der Waals surface area contributed by atoms with E-state index < -0.39 is 35.8 Å². The number of morpholine rings is 1. The molecule has 2 aromatic rings. The molecule has 0 aliphatic carbocycles. The van der Waals surface area contributed by atoms with E-state index in [-0.39, 0.29) is 42.6 Å². The SMILES string of the molecule is Cc1nn(C(=O)S(=O)(=O)c2ccc(F)cc2)c(C)c1S(=O)(=O)N1CCOCC1. The van der Waals surface area contributed by atoms with Crippen LogP contribution in [0.3, 0.4) is 0 Å². The molecule has 0 amide bonds. The highest BCUT2D eigenvalue weighted by molar-refractivity contribution is 8.06. The van der Waals surface area contributed by atoms with Crippen LogP contribution in [0.2, 0.25) is 0 Å². The zero-order chi connectivity index (χ0) is 20.7. The van der Waals surface area contributed by atoms with Gasteiger partial charge in [-0.25, -0.2) is 21.2 Å². The number of carbonyl (C=O) groups is 1. The third kappa shape index (κ3) is 3.48. The molecule has 1 fully saturated rings. The zero-order valence-corrected chi connectivity index (χ0v) is 16.8. The maximum absolute atomic E-state index is 13.0. The van der Waals surface area contributed by atoms with Crippen molar-refractivity contribution >= 4 is 25.1 Å². The summed E-state index contributed by atoms with van der Waals surface area (Å²) in [7, 11) is -8.52. The molecule has 1 aromatic heterocycles. The van der Waals surface area contributed by atoms with E-state index in [1.54, 1.807) is 0 Å². The molecule has 0 atom stereocenters. The highest BCUT2D eigenvalue weighted by Gasteiger charge is 2.36. The lowest BCUT2D eigenvalue weighted by Crippen LogP contribution is -2.41. The van der Waals surface area contributed by atoms with Gasteiger partial charge in [-0.2, -0.15) is 14.1 Å². The summed E-state index contributed by atoms with van der Waals surface area (Å²) < 4.78 is 71.0. The number of carbonyl (C=O) groups excluding carboxylic acids is 1. The predicted molar refractivity (Wildman–Crippen MR) is 95.7 cm³/mol. The summed E-state index contributed by atoms with van der Waals surface area (Å²) in [5.41, 5.74) is -0.105. The van der Waals surface area contributed by atoms with E-state index in [4.69, 9.17) is 4.74 Å². The second-order valence-corrected chi connectivity index (χ2v) is 9.85. The fourth-order valence-electron chi connectivity index (χ4n) is 2.92. The molecule has 1 aliphatic heterocycles. The number of aryl methyl sites for hydroxylation is 1. The number of halogens is 1. The Morgan fingerprint density at radius 3 is 2.21 bits per heavy atom. The fraction of sp³-hybridized carbons (Fsp3) is 0.375. The van der Waals surface area contributed by atoms with Crippen molar-refractivity contribution in [3.63, 3.8) is 0 Å². The first-order valence-corrected chi connectivity index (χ1v) is 11.2. The molecule has 1 aliphatic rings. The summed E-state index contributed by atoms with van der Waals surface area (Å²) in [5, 5.41) is 2.44. The lowest BCUT2D eigenvalue weighted by molar-refractivity contribution is 0.0730. The number of sulfonamides is 1. The first kappa shape index (κ1) is 20.6. The van der Waals surface area contributed by atoms with Crippen molar-refractivity contribution in [1.29, 1.82) is 0 Å². The van der Waals surface area contributed by atoms with Crippen molar-refractivity contribution in [2.24, 2.45) is 0 Å². The Morgan fingerprint density at radius 1 is 1.07 bits per heavy atom. The van der Waals surface area contributed by atoms with Crippen LogP contribution in [0.4, 0.5) is 9.18 Å². The van der Waals surface area contributed by atoms with E-state index in [0.717, 1.165) is 24.3 Å². The van der Waals surface area contributed by atoms with Crippen molar-refractivity contribution in [2.75, 3.05) is 26.3 Å². The lowest BCUT2D eigenvalue weighted by atomic mass is 10.4. The largest absolute Gasteiger partial charge is 0.379 e. The minimum atomic E-state index is -4.54. The summed E-state index contributed by atoms with van der Waals surface area (Å²) in [6, 6.07) is 3.74. The van der Waals surface area contributed by atoms with Gasteiger partial charge in [0.15, 0.2) is 0 Å². The van der Waals surface area contributed by atoms with E-state index in [2.05, 4.69) is 5.10 Å². The molecule has 28 heavy (non-hydrogen) atoms. The minimum Gasteiger partial charge on any atom is -0.379 e. The molecule has 2 heterocycles. The van der Waals surface area contributed by atoms with Crippen LogP contribution >= 0.6 is 0 Å². The average molecular weight is 431 g/mol. The Balaban J connectivity index is 2.04. The van der Waals surface area contributed by atoms with Gasteiger partial charge < -0.3 is 4.74 Å². The average Bonchev–Trinajstić information content (AvgIpc) is 2.96. The normalized spacial score (nSPS) is 16.2. The Labute approximate surface area is 161 Å². The van der Waals surface area contributed by atoms with Crippen molar-refractivity contribution in [1.82, 2.24) is 14.1 Å². The van der Waals surface area contributed by atoms with E-state index in [0.29, 0.717) is 4.68 Å². The monoisotopic (exact) mass is 431 g/mol. The van der Waals surface area contributed by atoms with Gasteiger partial charge in [0, 0.05) is 13.1 Å². The topological polar surface area (TPSA) is 116 Å². The molecule has 0 N–H and O–H groups in total. The molecule has 12 heteroatoms. The number of hydrogen-bond acceptors (Lipinski definition) is 7. The van der Waals surface area contributed by atoms with E-state index in [1.165, 1.54) is 18.2 Å². The molecule has 0 saturated carbocycles. The molecule has 0 bridgehead atoms. The quantitative estimate of drug-likeness (QED) is 0.668. The molecule has 9 nitrogen and oxygen atoms in total. The Kier molecular flexibility index (Phi) is 5.40. The van der Waals surface area contributed by atoms with Crippen LogP contribution in [0, 0.1) is 19.7 Å². The number of ether oxygens (including phenoxy) is 1. The lowest BCUT2D eigenvalue weighted by Gasteiger charge is -2.26. The van der Waals surface area contributed by atoms with E-state index >= 15 is 0 Å². The first-order chi connectivity index (χ1) is 13.1. The maximum atomic E-state index is 13.0. The van der Waals surface area contributed by atoms with Gasteiger partial charge in [0.2, 0.25) is 10.0 Å². The summed E-state index contributed by atoms with van der Waals surface area (Å²) >= 11 is 0. The highest BCUT2D eigenvalue weighted by atomic mass is 32.2. The third-order valence-corrected chi connectivity index (χ3v) is 8.00. The van der Waals surface area contributed by atoms with Gasteiger partial charge in [-0.1, -0.05) is 0 Å². The summed E-state index contributed by atoms with van der Waals surface area (Å²) in [6.07, 6.45) is 0. The molecule has 0 radical (unpaired) electrons. The molecule has 1 aromatic carbocycles. The number of nitrogens with zero attached hydrogens (tertiary/aromatic N) is 3. The van der Waals surface area contributed by atoms with Crippen molar-refractivity contribution in [3.8, 4) is 0 Å². The summed E-state index contributed by atoms with van der Waals surface area (Å²) in [6.45, 7) is 3.47. The van der Waals surface area contributed by atoms with Crippen molar-refractivity contribution < 1.29 is 30.8 Å². The number of rotatable bonds is 3. The van der Waals surface area contributed by atoms with Crippen LogP contribution < -0.4 is 0 Å². The van der Waals surface area contributed by atoms with Gasteiger partial charge in [-0.3, -0.25) is 4.79 Å². The van der Waals surface area contributed by atoms with Crippen LogP contribution in [0.5, 0.6) is 0 Å². The van der Waals surface area contributed by atoms with Gasteiger partial charge in [-0.15, -0.1) is 0 Å². The highest BCUT2D eigenvalue weighted by Crippen LogP contribution is 2.25. The molecular weight excluding hydrogens is 413 g/mol. The zero-order valence-electron chi connectivity index (χ0n) is 15.1. The molecule has 0 spiro atoms. The van der Waals surface area contributed by atoms with Crippen LogP contribution in [0.1, 0.15) is 11.4 Å². The maximum Gasteiger partial charge on any atom is 0.368 e.